The molecule has 1 amide bonds. The molecule has 2 aliphatic rings. The van der Waals surface area contributed by atoms with E-state index in [9.17, 15) is 19.4 Å². The van der Waals surface area contributed by atoms with Crippen molar-refractivity contribution in [2.75, 3.05) is 19.7 Å². The fourth-order valence-corrected chi connectivity index (χ4v) is 3.87. The molecule has 1 heterocycles. The van der Waals surface area contributed by atoms with Gasteiger partial charge in [0.2, 0.25) is 5.91 Å². The highest BCUT2D eigenvalue weighted by Crippen LogP contribution is 2.39. The molecule has 0 aromatic heterocycles. The summed E-state index contributed by atoms with van der Waals surface area (Å²) in [6, 6.07) is 5.78. The first-order chi connectivity index (χ1) is 11.8. The van der Waals surface area contributed by atoms with Crippen molar-refractivity contribution in [3.63, 3.8) is 0 Å². The van der Waals surface area contributed by atoms with Gasteiger partial charge in [-0.05, 0) is 62.8 Å². The topological polar surface area (TPSA) is 70.0 Å². The zero-order valence-electron chi connectivity index (χ0n) is 14.7. The van der Waals surface area contributed by atoms with Gasteiger partial charge in [-0.2, -0.15) is 0 Å². The number of likely N-dealkylation sites (tertiary alicyclic amines) is 1. The van der Waals surface area contributed by atoms with E-state index in [2.05, 4.69) is 0 Å². The molecule has 2 N–H and O–H groups in total. The van der Waals surface area contributed by atoms with Crippen LogP contribution in [0.2, 0.25) is 0 Å². The van der Waals surface area contributed by atoms with Gasteiger partial charge in [-0.25, -0.2) is 4.39 Å². The first kappa shape index (κ1) is 18.1. The monoisotopic (exact) mass is 351 g/mol. The first-order valence-corrected chi connectivity index (χ1v) is 8.80. The Kier molecular flexibility index (Phi) is 5.02. The smallest absolute Gasteiger partial charge is 0.230 e. The van der Waals surface area contributed by atoms with Crippen LogP contribution in [-0.2, 0) is 4.79 Å². The predicted molar refractivity (Wildman–Crippen MR) is 90.5 cm³/mol. The van der Waals surface area contributed by atoms with Crippen LogP contribution in [0, 0.1) is 23.1 Å². The molecule has 0 bridgehead atoms. The van der Waals surface area contributed by atoms with E-state index in [0.29, 0.717) is 31.7 Å². The van der Waals surface area contributed by atoms with Gasteiger partial charge in [0.25, 0.3) is 0 Å². The molecule has 6 heteroatoms. The zero-order valence-corrected chi connectivity index (χ0v) is 14.7. The van der Waals surface area contributed by atoms with Crippen molar-refractivity contribution in [2.45, 2.75) is 38.9 Å². The minimum Gasteiger partial charge on any atom is -0.488 e. The average molecular weight is 351 g/mol. The van der Waals surface area contributed by atoms with Gasteiger partial charge in [-0.3, -0.25) is 4.79 Å². The van der Waals surface area contributed by atoms with E-state index in [-0.39, 0.29) is 36.3 Å². The lowest BCUT2D eigenvalue weighted by Crippen LogP contribution is -2.42. The highest BCUT2D eigenvalue weighted by atomic mass is 19.1. The van der Waals surface area contributed by atoms with E-state index < -0.39 is 11.5 Å². The SMILES string of the molecule is CC(C)(CO)C(=O)N1C[C@H]2C[C@@H](Oc3ccc(F)cc3)[C@H](O)C[C@H]2C1. The number of benzene rings is 1. The number of carbonyl (C=O) groups is 1. The summed E-state index contributed by atoms with van der Waals surface area (Å²) in [5.74, 6) is 0.688. The maximum atomic E-state index is 13.0. The van der Waals surface area contributed by atoms with E-state index in [1.165, 1.54) is 12.1 Å². The minimum absolute atomic E-state index is 0.0464. The zero-order chi connectivity index (χ0) is 18.2. The number of aliphatic hydroxyl groups is 2. The second-order valence-corrected chi connectivity index (χ2v) is 7.92. The number of hydrogen-bond donors (Lipinski definition) is 2. The lowest BCUT2D eigenvalue weighted by molar-refractivity contribution is -0.141. The molecule has 0 unspecified atom stereocenters. The van der Waals surface area contributed by atoms with Crippen LogP contribution < -0.4 is 4.74 Å². The normalized spacial score (nSPS) is 29.4. The van der Waals surface area contributed by atoms with E-state index in [1.54, 1.807) is 30.9 Å². The Bertz CT molecular complexity index is 618. The third-order valence-electron chi connectivity index (χ3n) is 5.45. The lowest BCUT2D eigenvalue weighted by Gasteiger charge is -2.35. The van der Waals surface area contributed by atoms with Gasteiger partial charge in [0, 0.05) is 13.1 Å². The molecule has 1 aliphatic carbocycles. The van der Waals surface area contributed by atoms with Crippen molar-refractivity contribution in [2.24, 2.45) is 17.3 Å². The van der Waals surface area contributed by atoms with E-state index in [0.717, 1.165) is 0 Å². The summed E-state index contributed by atoms with van der Waals surface area (Å²) >= 11 is 0. The molecular formula is C19H26FNO4. The number of hydrogen-bond acceptors (Lipinski definition) is 4. The van der Waals surface area contributed by atoms with Crippen molar-refractivity contribution in [1.82, 2.24) is 4.90 Å². The van der Waals surface area contributed by atoms with Crippen molar-refractivity contribution >= 4 is 5.91 Å². The fraction of sp³-hybridized carbons (Fsp3) is 0.632. The maximum absolute atomic E-state index is 13.0. The van der Waals surface area contributed by atoms with Gasteiger partial charge in [0.05, 0.1) is 18.1 Å². The van der Waals surface area contributed by atoms with Crippen LogP contribution >= 0.6 is 0 Å². The van der Waals surface area contributed by atoms with Gasteiger partial charge < -0.3 is 19.8 Å². The molecule has 1 saturated heterocycles. The number of rotatable bonds is 4. The van der Waals surface area contributed by atoms with Crippen molar-refractivity contribution in [3.8, 4) is 5.75 Å². The Labute approximate surface area is 147 Å². The number of halogens is 1. The molecule has 1 aliphatic heterocycles. The number of nitrogens with zero attached hydrogens (tertiary/aromatic N) is 1. The molecule has 4 atom stereocenters. The van der Waals surface area contributed by atoms with Crippen LogP contribution in [0.5, 0.6) is 5.75 Å². The van der Waals surface area contributed by atoms with Gasteiger partial charge >= 0.3 is 0 Å². The summed E-state index contributed by atoms with van der Waals surface area (Å²) in [5.41, 5.74) is -0.782. The standard InChI is InChI=1S/C19H26FNO4/c1-19(2,11-22)18(24)21-9-12-7-16(23)17(8-13(12)10-21)25-15-5-3-14(20)4-6-15/h3-6,12-13,16-17,22-23H,7-11H2,1-2H3/t12-,13+,16+,17+/m0/s1. The number of aliphatic hydroxyl groups excluding tert-OH is 2. The van der Waals surface area contributed by atoms with Gasteiger partial charge in [-0.1, -0.05) is 0 Å². The van der Waals surface area contributed by atoms with Crippen LogP contribution in [0.15, 0.2) is 24.3 Å². The van der Waals surface area contributed by atoms with Crippen molar-refractivity contribution in [3.05, 3.63) is 30.1 Å². The Balaban J connectivity index is 1.64. The summed E-state index contributed by atoms with van der Waals surface area (Å²) in [6.07, 6.45) is 0.284. The first-order valence-electron chi connectivity index (χ1n) is 8.80. The molecule has 0 spiro atoms. The summed E-state index contributed by atoms with van der Waals surface area (Å²) in [4.78, 5) is 14.4. The Hall–Kier alpha value is -1.66. The third kappa shape index (κ3) is 3.80. The van der Waals surface area contributed by atoms with Gasteiger partial charge in [0.1, 0.15) is 17.7 Å². The van der Waals surface area contributed by atoms with Crippen LogP contribution in [-0.4, -0.2) is 52.9 Å². The van der Waals surface area contributed by atoms with Crippen LogP contribution in [0.25, 0.3) is 0 Å². The molecule has 1 aromatic carbocycles. The van der Waals surface area contributed by atoms with Gasteiger partial charge in [0.15, 0.2) is 0 Å². The van der Waals surface area contributed by atoms with Crippen LogP contribution in [0.1, 0.15) is 26.7 Å². The second kappa shape index (κ2) is 6.92. The third-order valence-corrected chi connectivity index (χ3v) is 5.45. The average Bonchev–Trinajstić information content (AvgIpc) is 2.99. The molecule has 1 saturated carbocycles. The summed E-state index contributed by atoms with van der Waals surface area (Å²) in [7, 11) is 0. The molecule has 5 nitrogen and oxygen atoms in total. The van der Waals surface area contributed by atoms with Crippen molar-refractivity contribution < 1.29 is 24.1 Å². The number of carbonyl (C=O) groups excluding carboxylic acids is 1. The summed E-state index contributed by atoms with van der Waals surface area (Å²) < 4.78 is 18.9. The Morgan fingerprint density at radius 2 is 1.84 bits per heavy atom. The largest absolute Gasteiger partial charge is 0.488 e. The minimum atomic E-state index is -0.782. The predicted octanol–water partition coefficient (Wildman–Crippen LogP) is 1.82. The lowest BCUT2D eigenvalue weighted by atomic mass is 9.78. The Morgan fingerprint density at radius 3 is 2.44 bits per heavy atom. The molecule has 2 fully saturated rings. The van der Waals surface area contributed by atoms with Crippen molar-refractivity contribution in [1.29, 1.82) is 0 Å². The highest BCUT2D eigenvalue weighted by molar-refractivity contribution is 5.82. The second-order valence-electron chi connectivity index (χ2n) is 7.92. The quantitative estimate of drug-likeness (QED) is 0.868. The number of fused-ring (bicyclic) bond motifs is 1. The number of ether oxygens (including phenoxy) is 1. The highest BCUT2D eigenvalue weighted by Gasteiger charge is 2.45. The van der Waals surface area contributed by atoms with Crippen LogP contribution in [0.3, 0.4) is 0 Å². The maximum Gasteiger partial charge on any atom is 0.230 e. The molecule has 25 heavy (non-hydrogen) atoms. The molecule has 0 radical (unpaired) electrons. The summed E-state index contributed by atoms with van der Waals surface area (Å²) in [5, 5.41) is 19.8. The van der Waals surface area contributed by atoms with Gasteiger partial charge in [-0.15, -0.1) is 0 Å². The molecule has 1 aromatic rings. The molecule has 138 valence electrons. The molecular weight excluding hydrogens is 325 g/mol. The van der Waals surface area contributed by atoms with E-state index >= 15 is 0 Å². The summed E-state index contributed by atoms with van der Waals surface area (Å²) in [6.45, 7) is 4.55. The fourth-order valence-electron chi connectivity index (χ4n) is 3.87. The van der Waals surface area contributed by atoms with E-state index in [1.807, 2.05) is 0 Å². The van der Waals surface area contributed by atoms with E-state index in [4.69, 9.17) is 4.74 Å². The molecule has 3 rings (SSSR count). The number of amides is 1. The van der Waals surface area contributed by atoms with Crippen LogP contribution in [0.4, 0.5) is 4.39 Å². The Morgan fingerprint density at radius 1 is 1.24 bits per heavy atom.